The molecule has 1 heterocycles. The van der Waals surface area contributed by atoms with Crippen molar-refractivity contribution in [1.29, 1.82) is 0 Å². The molecular weight excluding hydrogens is 196 g/mol. The van der Waals surface area contributed by atoms with Gasteiger partial charge in [-0.25, -0.2) is 4.98 Å². The molecule has 1 aromatic heterocycles. The maximum atomic E-state index is 4.34. The highest BCUT2D eigenvalue weighted by atomic mass is 32.2. The highest BCUT2D eigenvalue weighted by molar-refractivity contribution is 7.98. The minimum Gasteiger partial charge on any atom is -0.383 e. The van der Waals surface area contributed by atoms with E-state index in [1.165, 1.54) is 11.8 Å². The molecule has 76 valence electrons. The lowest BCUT2D eigenvalue weighted by molar-refractivity contribution is 0.567. The van der Waals surface area contributed by atoms with E-state index in [9.17, 15) is 0 Å². The van der Waals surface area contributed by atoms with Crippen LogP contribution in [0.5, 0.6) is 0 Å². The maximum Gasteiger partial charge on any atom is 0.209 e. The van der Waals surface area contributed by atoms with Crippen molar-refractivity contribution in [2.75, 3.05) is 20.4 Å². The van der Waals surface area contributed by atoms with Crippen LogP contribution in [-0.4, -0.2) is 40.4 Å². The molecule has 0 unspecified atom stereocenters. The van der Waals surface area contributed by atoms with E-state index >= 15 is 0 Å². The molecule has 14 heavy (non-hydrogen) atoms. The Labute approximate surface area is 88.4 Å². The molecule has 1 rings (SSSR count). The lowest BCUT2D eigenvalue weighted by Gasteiger charge is -2.04. The van der Waals surface area contributed by atoms with Gasteiger partial charge in [-0.15, -0.1) is 5.10 Å². The van der Waals surface area contributed by atoms with Crippen LogP contribution < -0.4 is 0 Å². The van der Waals surface area contributed by atoms with Gasteiger partial charge in [-0.2, -0.15) is 5.10 Å². The summed E-state index contributed by atoms with van der Waals surface area (Å²) in [5, 5.41) is 8.67. The van der Waals surface area contributed by atoms with E-state index in [4.69, 9.17) is 0 Å². The standard InChI is InChI=1S/C9H14N4S/c1-7-8(5-6-13(2)3)10-9(14-4)12-11-7/h5-6H,1-4H3/b6-5+. The van der Waals surface area contributed by atoms with Gasteiger partial charge in [0.1, 0.15) is 0 Å². The van der Waals surface area contributed by atoms with Gasteiger partial charge in [0.15, 0.2) is 0 Å². The molecule has 1 aromatic rings. The third-order valence-electron chi connectivity index (χ3n) is 1.59. The third kappa shape index (κ3) is 2.99. The first-order chi connectivity index (χ1) is 6.63. The van der Waals surface area contributed by atoms with E-state index in [1.54, 1.807) is 0 Å². The molecule has 4 nitrogen and oxygen atoms in total. The quantitative estimate of drug-likeness (QED) is 0.706. The summed E-state index contributed by atoms with van der Waals surface area (Å²) in [5.74, 6) is 0. The van der Waals surface area contributed by atoms with Gasteiger partial charge in [-0.05, 0) is 19.3 Å². The molecule has 0 aromatic carbocycles. The molecule has 0 aliphatic rings. The first-order valence-electron chi connectivity index (χ1n) is 4.23. The Morgan fingerprint density at radius 3 is 2.57 bits per heavy atom. The van der Waals surface area contributed by atoms with Crippen molar-refractivity contribution in [3.8, 4) is 0 Å². The van der Waals surface area contributed by atoms with E-state index in [2.05, 4.69) is 15.2 Å². The van der Waals surface area contributed by atoms with E-state index in [0.717, 1.165) is 11.4 Å². The Kier molecular flexibility index (Phi) is 3.88. The van der Waals surface area contributed by atoms with Gasteiger partial charge in [-0.1, -0.05) is 11.8 Å². The Bertz CT molecular complexity index is 336. The van der Waals surface area contributed by atoms with Crippen LogP contribution in [0, 0.1) is 6.92 Å². The largest absolute Gasteiger partial charge is 0.383 e. The van der Waals surface area contributed by atoms with Gasteiger partial charge in [0.25, 0.3) is 0 Å². The molecule has 5 heteroatoms. The summed E-state index contributed by atoms with van der Waals surface area (Å²) in [6, 6.07) is 0. The Balaban J connectivity index is 2.94. The molecule has 0 saturated carbocycles. The molecule has 0 aliphatic carbocycles. The molecule has 0 bridgehead atoms. The highest BCUT2D eigenvalue weighted by Crippen LogP contribution is 2.10. The second-order valence-electron chi connectivity index (χ2n) is 3.05. The molecule has 0 aliphatic heterocycles. The lowest BCUT2D eigenvalue weighted by Crippen LogP contribution is -2.02. The van der Waals surface area contributed by atoms with Crippen molar-refractivity contribution in [1.82, 2.24) is 20.1 Å². The van der Waals surface area contributed by atoms with Crippen LogP contribution >= 0.6 is 11.8 Å². The molecule has 0 N–H and O–H groups in total. The van der Waals surface area contributed by atoms with Crippen LogP contribution in [0.25, 0.3) is 6.08 Å². The van der Waals surface area contributed by atoms with Crippen molar-refractivity contribution in [2.24, 2.45) is 0 Å². The van der Waals surface area contributed by atoms with Crippen LogP contribution in [-0.2, 0) is 0 Å². The smallest absolute Gasteiger partial charge is 0.209 e. The van der Waals surface area contributed by atoms with Crippen LogP contribution in [0.3, 0.4) is 0 Å². The van der Waals surface area contributed by atoms with Crippen LogP contribution in [0.15, 0.2) is 11.4 Å². The fourth-order valence-electron chi connectivity index (χ4n) is 0.839. The summed E-state index contributed by atoms with van der Waals surface area (Å²) in [6.45, 7) is 1.90. The number of hydrogen-bond acceptors (Lipinski definition) is 5. The molecule has 0 radical (unpaired) electrons. The van der Waals surface area contributed by atoms with E-state index in [0.29, 0.717) is 5.16 Å². The van der Waals surface area contributed by atoms with E-state index in [-0.39, 0.29) is 0 Å². The van der Waals surface area contributed by atoms with Gasteiger partial charge in [0, 0.05) is 20.3 Å². The van der Waals surface area contributed by atoms with Crippen molar-refractivity contribution in [3.63, 3.8) is 0 Å². The minimum absolute atomic E-state index is 0.703. The van der Waals surface area contributed by atoms with Crippen LogP contribution in [0.4, 0.5) is 0 Å². The molecule has 0 fully saturated rings. The fourth-order valence-corrected chi connectivity index (χ4v) is 1.15. The van der Waals surface area contributed by atoms with Gasteiger partial charge in [0.2, 0.25) is 5.16 Å². The Morgan fingerprint density at radius 1 is 1.29 bits per heavy atom. The van der Waals surface area contributed by atoms with Crippen LogP contribution in [0.2, 0.25) is 0 Å². The van der Waals surface area contributed by atoms with Crippen molar-refractivity contribution in [2.45, 2.75) is 12.1 Å². The first kappa shape index (κ1) is 11.0. The highest BCUT2D eigenvalue weighted by Gasteiger charge is 2.01. The number of aryl methyl sites for hydroxylation is 1. The maximum absolute atomic E-state index is 4.34. The second-order valence-corrected chi connectivity index (χ2v) is 3.82. The van der Waals surface area contributed by atoms with Crippen molar-refractivity contribution in [3.05, 3.63) is 17.6 Å². The van der Waals surface area contributed by atoms with E-state index < -0.39 is 0 Å². The predicted octanol–water partition coefficient (Wildman–Crippen LogP) is 1.43. The number of rotatable bonds is 3. The first-order valence-corrected chi connectivity index (χ1v) is 5.46. The topological polar surface area (TPSA) is 41.9 Å². The summed E-state index contributed by atoms with van der Waals surface area (Å²) < 4.78 is 0. The number of aromatic nitrogens is 3. The molecule has 0 atom stereocenters. The molecule has 0 amide bonds. The monoisotopic (exact) mass is 210 g/mol. The third-order valence-corrected chi connectivity index (χ3v) is 2.12. The zero-order chi connectivity index (χ0) is 10.6. The zero-order valence-corrected chi connectivity index (χ0v) is 9.67. The lowest BCUT2D eigenvalue weighted by atomic mass is 10.3. The van der Waals surface area contributed by atoms with Gasteiger partial charge in [-0.3, -0.25) is 0 Å². The van der Waals surface area contributed by atoms with Crippen molar-refractivity contribution >= 4 is 17.8 Å². The molecule has 0 saturated heterocycles. The van der Waals surface area contributed by atoms with Gasteiger partial charge in [0.05, 0.1) is 11.4 Å². The van der Waals surface area contributed by atoms with Gasteiger partial charge < -0.3 is 4.90 Å². The summed E-state index contributed by atoms with van der Waals surface area (Å²) in [5.41, 5.74) is 1.72. The predicted molar refractivity (Wildman–Crippen MR) is 59.1 cm³/mol. The van der Waals surface area contributed by atoms with Crippen molar-refractivity contribution < 1.29 is 0 Å². The fraction of sp³-hybridized carbons (Fsp3) is 0.444. The second kappa shape index (κ2) is 4.95. The molecular formula is C9H14N4S. The summed E-state index contributed by atoms with van der Waals surface area (Å²) in [6.07, 6.45) is 5.82. The zero-order valence-electron chi connectivity index (χ0n) is 8.85. The Morgan fingerprint density at radius 2 is 2.00 bits per heavy atom. The number of hydrogen-bond donors (Lipinski definition) is 0. The summed E-state index contributed by atoms with van der Waals surface area (Å²) >= 11 is 1.49. The van der Waals surface area contributed by atoms with E-state index in [1.807, 2.05) is 44.5 Å². The Hall–Kier alpha value is -1.10. The molecule has 0 spiro atoms. The van der Waals surface area contributed by atoms with Crippen LogP contribution in [0.1, 0.15) is 11.4 Å². The summed E-state index contributed by atoms with van der Waals surface area (Å²) in [7, 11) is 3.94. The average Bonchev–Trinajstić information content (AvgIpc) is 2.16. The number of nitrogens with zero attached hydrogens (tertiary/aromatic N) is 4. The number of thioether (sulfide) groups is 1. The summed E-state index contributed by atoms with van der Waals surface area (Å²) in [4.78, 5) is 6.30. The average molecular weight is 210 g/mol. The normalized spacial score (nSPS) is 10.9. The van der Waals surface area contributed by atoms with Gasteiger partial charge >= 0.3 is 0 Å². The minimum atomic E-state index is 0.703. The SMILES string of the molecule is CSc1nnc(C)c(/C=C/N(C)C)n1.